The van der Waals surface area contributed by atoms with Crippen molar-refractivity contribution in [1.29, 1.82) is 0 Å². The fourth-order valence-electron chi connectivity index (χ4n) is 3.36. The molecule has 0 amide bonds. The fraction of sp³-hybridized carbons (Fsp3) is 0.684. The Hall–Kier alpha value is -1.06. The molecule has 22 heavy (non-hydrogen) atoms. The van der Waals surface area contributed by atoms with Crippen molar-refractivity contribution in [3.63, 3.8) is 0 Å². The second-order valence-corrected chi connectivity index (χ2v) is 7.82. The van der Waals surface area contributed by atoms with Gasteiger partial charge in [0.25, 0.3) is 0 Å². The van der Waals surface area contributed by atoms with Gasteiger partial charge in [0.15, 0.2) is 0 Å². The second kappa shape index (κ2) is 7.47. The topological polar surface area (TPSA) is 27.7 Å². The van der Waals surface area contributed by atoms with Gasteiger partial charge in [0.2, 0.25) is 0 Å². The summed E-state index contributed by atoms with van der Waals surface area (Å²) in [6.07, 6.45) is 1.10. The monoisotopic (exact) mass is 308 g/mol. The minimum atomic E-state index is 0.0789. The first kappa shape index (κ1) is 19.0. The first-order valence-corrected chi connectivity index (χ1v) is 7.83. The van der Waals surface area contributed by atoms with Crippen LogP contribution < -0.4 is 4.74 Å². The third kappa shape index (κ3) is 4.99. The van der Waals surface area contributed by atoms with Gasteiger partial charge in [0.05, 0.1) is 20.3 Å². The number of benzene rings is 1. The highest BCUT2D eigenvalue weighted by molar-refractivity contribution is 5.46. The van der Waals surface area contributed by atoms with Crippen LogP contribution in [-0.4, -0.2) is 21.3 Å². The summed E-state index contributed by atoms with van der Waals surface area (Å²) in [5.41, 5.74) is 3.82. The maximum absolute atomic E-state index is 5.59. The van der Waals surface area contributed by atoms with Crippen LogP contribution in [0.1, 0.15) is 57.7 Å². The summed E-state index contributed by atoms with van der Waals surface area (Å²) in [6.45, 7) is 12.5. The van der Waals surface area contributed by atoms with Crippen LogP contribution in [-0.2, 0) is 28.1 Å². The molecule has 0 bridgehead atoms. The van der Waals surface area contributed by atoms with E-state index in [2.05, 4.69) is 46.8 Å². The van der Waals surface area contributed by atoms with Crippen LogP contribution >= 0.6 is 0 Å². The van der Waals surface area contributed by atoms with Crippen molar-refractivity contribution in [2.75, 3.05) is 21.3 Å². The lowest BCUT2D eigenvalue weighted by Gasteiger charge is -2.34. The quantitative estimate of drug-likeness (QED) is 0.730. The Morgan fingerprint density at radius 2 is 1.27 bits per heavy atom. The lowest BCUT2D eigenvalue weighted by Crippen LogP contribution is -2.25. The molecular weight excluding hydrogens is 276 g/mol. The van der Waals surface area contributed by atoms with E-state index in [0.717, 1.165) is 23.3 Å². The zero-order chi connectivity index (χ0) is 17.0. The highest BCUT2D eigenvalue weighted by Crippen LogP contribution is 2.39. The Labute approximate surface area is 136 Å². The van der Waals surface area contributed by atoms with Crippen molar-refractivity contribution in [1.82, 2.24) is 0 Å². The molecule has 0 radical (unpaired) electrons. The minimum Gasteiger partial charge on any atom is -0.496 e. The molecule has 0 spiro atoms. The van der Waals surface area contributed by atoms with Crippen molar-refractivity contribution in [3.05, 3.63) is 28.8 Å². The van der Waals surface area contributed by atoms with Crippen molar-refractivity contribution in [3.8, 4) is 5.75 Å². The first-order valence-electron chi connectivity index (χ1n) is 7.83. The fourth-order valence-corrected chi connectivity index (χ4v) is 3.36. The molecular formula is C19H32O3. The van der Waals surface area contributed by atoms with E-state index in [9.17, 15) is 0 Å². The van der Waals surface area contributed by atoms with Crippen molar-refractivity contribution in [2.24, 2.45) is 5.41 Å². The Balaban J connectivity index is 3.35. The molecule has 1 aromatic rings. The summed E-state index contributed by atoms with van der Waals surface area (Å²) >= 11 is 0. The van der Waals surface area contributed by atoms with Crippen LogP contribution in [0.2, 0.25) is 0 Å². The van der Waals surface area contributed by atoms with E-state index in [0.29, 0.717) is 13.2 Å². The van der Waals surface area contributed by atoms with E-state index in [4.69, 9.17) is 14.2 Å². The van der Waals surface area contributed by atoms with Crippen molar-refractivity contribution in [2.45, 2.75) is 59.7 Å². The van der Waals surface area contributed by atoms with E-state index in [1.807, 2.05) is 0 Å². The number of rotatable bonds is 7. The Morgan fingerprint density at radius 3 is 1.59 bits per heavy atom. The van der Waals surface area contributed by atoms with Crippen LogP contribution in [0, 0.1) is 5.41 Å². The molecule has 0 saturated carbocycles. The van der Waals surface area contributed by atoms with Crippen LogP contribution in [0.5, 0.6) is 5.75 Å². The molecule has 0 N–H and O–H groups in total. The average molecular weight is 308 g/mol. The summed E-state index contributed by atoms with van der Waals surface area (Å²) in [5, 5.41) is 0. The Morgan fingerprint density at radius 1 is 0.818 bits per heavy atom. The molecule has 0 aromatic heterocycles. The number of ether oxygens (including phenoxy) is 3. The molecule has 1 aromatic carbocycles. The summed E-state index contributed by atoms with van der Waals surface area (Å²) in [4.78, 5) is 0. The minimum absolute atomic E-state index is 0.0789. The maximum atomic E-state index is 5.59. The van der Waals surface area contributed by atoms with Gasteiger partial charge in [-0.15, -0.1) is 0 Å². The highest BCUT2D eigenvalue weighted by Gasteiger charge is 2.28. The molecule has 0 fully saturated rings. The van der Waals surface area contributed by atoms with E-state index in [1.165, 1.54) is 5.56 Å². The molecule has 3 heteroatoms. The summed E-state index contributed by atoms with van der Waals surface area (Å²) < 4.78 is 16.3. The molecule has 0 aliphatic carbocycles. The third-order valence-corrected chi connectivity index (χ3v) is 3.80. The van der Waals surface area contributed by atoms with Gasteiger partial charge in [0, 0.05) is 25.3 Å². The summed E-state index contributed by atoms with van der Waals surface area (Å²) in [7, 11) is 5.12. The van der Waals surface area contributed by atoms with Crippen LogP contribution in [0.15, 0.2) is 12.1 Å². The molecule has 0 saturated heterocycles. The average Bonchev–Trinajstić information content (AvgIpc) is 2.36. The first-order chi connectivity index (χ1) is 10.1. The lowest BCUT2D eigenvalue weighted by atomic mass is 9.71. The highest BCUT2D eigenvalue weighted by atomic mass is 16.5. The van der Waals surface area contributed by atoms with Gasteiger partial charge in [-0.1, -0.05) is 34.6 Å². The van der Waals surface area contributed by atoms with Crippen LogP contribution in [0.25, 0.3) is 0 Å². The van der Waals surface area contributed by atoms with Gasteiger partial charge < -0.3 is 14.2 Å². The normalized spacial score (nSPS) is 12.5. The van der Waals surface area contributed by atoms with Gasteiger partial charge in [-0.05, 0) is 34.9 Å². The number of methoxy groups -OCH3 is 3. The summed E-state index contributed by atoms with van der Waals surface area (Å²) in [6, 6.07) is 4.43. The van der Waals surface area contributed by atoms with Gasteiger partial charge in [-0.25, -0.2) is 0 Å². The van der Waals surface area contributed by atoms with Gasteiger partial charge in [-0.2, -0.15) is 0 Å². The van der Waals surface area contributed by atoms with E-state index in [-0.39, 0.29) is 10.8 Å². The predicted molar refractivity (Wildman–Crippen MR) is 91.5 cm³/mol. The lowest BCUT2D eigenvalue weighted by molar-refractivity contribution is 0.173. The smallest absolute Gasteiger partial charge is 0.129 e. The molecule has 0 heterocycles. The molecule has 0 atom stereocenters. The largest absolute Gasteiger partial charge is 0.496 e. The van der Waals surface area contributed by atoms with E-state index < -0.39 is 0 Å². The van der Waals surface area contributed by atoms with Crippen LogP contribution in [0.4, 0.5) is 0 Å². The molecule has 0 aliphatic rings. The standard InChI is InChI=1S/C19H32O3/c1-18(2,3)13-19(4,5)16-9-14(11-20-6)17(22-8)15(10-16)12-21-7/h9-10H,11-13H2,1-8H3. The summed E-state index contributed by atoms with van der Waals surface area (Å²) in [5.74, 6) is 0.874. The van der Waals surface area contributed by atoms with Crippen LogP contribution in [0.3, 0.4) is 0 Å². The van der Waals surface area contributed by atoms with Gasteiger partial charge in [0.1, 0.15) is 5.75 Å². The maximum Gasteiger partial charge on any atom is 0.129 e. The Kier molecular flexibility index (Phi) is 6.45. The van der Waals surface area contributed by atoms with Crippen molar-refractivity contribution >= 4 is 0 Å². The van der Waals surface area contributed by atoms with E-state index >= 15 is 0 Å². The number of hydrogen-bond acceptors (Lipinski definition) is 3. The zero-order valence-corrected chi connectivity index (χ0v) is 15.5. The number of hydrogen-bond donors (Lipinski definition) is 0. The molecule has 1 rings (SSSR count). The molecule has 0 aliphatic heterocycles. The zero-order valence-electron chi connectivity index (χ0n) is 15.5. The van der Waals surface area contributed by atoms with Crippen molar-refractivity contribution < 1.29 is 14.2 Å². The third-order valence-electron chi connectivity index (χ3n) is 3.80. The van der Waals surface area contributed by atoms with Gasteiger partial charge >= 0.3 is 0 Å². The SMILES string of the molecule is COCc1cc(C(C)(C)CC(C)(C)C)cc(COC)c1OC. The molecule has 3 nitrogen and oxygen atoms in total. The van der Waals surface area contributed by atoms with E-state index in [1.54, 1.807) is 21.3 Å². The van der Waals surface area contributed by atoms with Gasteiger partial charge in [-0.3, -0.25) is 0 Å². The predicted octanol–water partition coefficient (Wildman–Crippen LogP) is 4.70. The second-order valence-electron chi connectivity index (χ2n) is 7.82. The molecule has 0 unspecified atom stereocenters. The Bertz CT molecular complexity index is 457. The molecule has 126 valence electrons.